The summed E-state index contributed by atoms with van der Waals surface area (Å²) in [4.78, 5) is 25.7. The van der Waals surface area contributed by atoms with E-state index in [0.29, 0.717) is 34.3 Å². The lowest BCUT2D eigenvalue weighted by Crippen LogP contribution is -2.27. The van der Waals surface area contributed by atoms with Gasteiger partial charge in [0.1, 0.15) is 5.75 Å². The monoisotopic (exact) mass is 492 g/mol. The minimum atomic E-state index is -3.99. The van der Waals surface area contributed by atoms with Crippen LogP contribution >= 0.6 is 0 Å². The fourth-order valence-electron chi connectivity index (χ4n) is 3.70. The number of carbonyl (C=O) groups is 1. The average molecular weight is 493 g/mol. The number of rotatable bonds is 7. The van der Waals surface area contributed by atoms with Gasteiger partial charge < -0.3 is 10.1 Å². The van der Waals surface area contributed by atoms with E-state index in [1.807, 2.05) is 0 Å². The summed E-state index contributed by atoms with van der Waals surface area (Å²) in [5.74, 6) is -0.185. The second-order valence-electron chi connectivity index (χ2n) is 7.76. The molecule has 0 spiro atoms. The summed E-state index contributed by atoms with van der Waals surface area (Å²) in [7, 11) is -2.54. The molecule has 0 aliphatic rings. The van der Waals surface area contributed by atoms with E-state index in [2.05, 4.69) is 15.1 Å². The molecule has 1 heterocycles. The van der Waals surface area contributed by atoms with Crippen LogP contribution in [-0.4, -0.2) is 31.2 Å². The summed E-state index contributed by atoms with van der Waals surface area (Å²) in [6.45, 7) is 3.72. The maximum absolute atomic E-state index is 13.2. The van der Waals surface area contributed by atoms with Crippen molar-refractivity contribution in [3.8, 4) is 5.75 Å². The Bertz CT molecular complexity index is 1600. The van der Waals surface area contributed by atoms with Gasteiger partial charge in [-0.05, 0) is 49.7 Å². The number of amides is 1. The van der Waals surface area contributed by atoms with Crippen LogP contribution in [0.4, 0.5) is 11.4 Å². The Morgan fingerprint density at radius 3 is 2.43 bits per heavy atom. The number of carbonyl (C=O) groups excluding carboxylic acids is 1. The molecule has 4 rings (SSSR count). The number of hydrogen-bond acceptors (Lipinski definition) is 6. The van der Waals surface area contributed by atoms with E-state index in [4.69, 9.17) is 4.74 Å². The second kappa shape index (κ2) is 9.59. The molecule has 4 aromatic rings. The van der Waals surface area contributed by atoms with Crippen molar-refractivity contribution in [3.05, 3.63) is 88.3 Å². The van der Waals surface area contributed by atoms with Gasteiger partial charge in [-0.25, -0.2) is 13.1 Å². The Hall–Kier alpha value is -4.18. The number of para-hydroxylation sites is 2. The quantitative estimate of drug-likeness (QED) is 0.405. The van der Waals surface area contributed by atoms with Crippen LogP contribution in [0.1, 0.15) is 23.0 Å². The van der Waals surface area contributed by atoms with E-state index < -0.39 is 15.9 Å². The molecule has 0 bridgehead atoms. The van der Waals surface area contributed by atoms with Crippen LogP contribution in [0.5, 0.6) is 5.75 Å². The molecule has 0 aliphatic carbocycles. The van der Waals surface area contributed by atoms with E-state index >= 15 is 0 Å². The summed E-state index contributed by atoms with van der Waals surface area (Å²) in [6, 6.07) is 18.0. The number of benzene rings is 3. The van der Waals surface area contributed by atoms with Crippen molar-refractivity contribution in [1.82, 2.24) is 9.78 Å². The van der Waals surface area contributed by atoms with Gasteiger partial charge in [0.15, 0.2) is 5.69 Å². The van der Waals surface area contributed by atoms with Crippen molar-refractivity contribution in [1.29, 1.82) is 0 Å². The van der Waals surface area contributed by atoms with Gasteiger partial charge in [-0.3, -0.25) is 14.3 Å². The Morgan fingerprint density at radius 2 is 1.71 bits per heavy atom. The minimum Gasteiger partial charge on any atom is -0.495 e. The summed E-state index contributed by atoms with van der Waals surface area (Å²) >= 11 is 0. The van der Waals surface area contributed by atoms with Crippen molar-refractivity contribution in [2.24, 2.45) is 0 Å². The van der Waals surface area contributed by atoms with Crippen LogP contribution in [0.25, 0.3) is 10.8 Å². The predicted octanol–water partition coefficient (Wildman–Crippen LogP) is 3.79. The first-order valence-corrected chi connectivity index (χ1v) is 12.3. The van der Waals surface area contributed by atoms with Gasteiger partial charge in [0.25, 0.3) is 21.5 Å². The molecule has 0 saturated carbocycles. The molecule has 0 saturated heterocycles. The van der Waals surface area contributed by atoms with Crippen LogP contribution in [0.15, 0.2) is 76.4 Å². The molecular formula is C25H24N4O5S. The number of methoxy groups -OCH3 is 1. The lowest BCUT2D eigenvalue weighted by atomic mass is 10.1. The van der Waals surface area contributed by atoms with Crippen LogP contribution in [0, 0.1) is 6.92 Å². The fraction of sp³-hybridized carbons (Fsp3) is 0.160. The van der Waals surface area contributed by atoms with Crippen molar-refractivity contribution in [2.75, 3.05) is 17.1 Å². The zero-order chi connectivity index (χ0) is 25.2. The molecule has 1 amide bonds. The number of sulfonamides is 1. The van der Waals surface area contributed by atoms with Crippen LogP contribution < -0.4 is 20.3 Å². The number of ether oxygens (including phenoxy) is 1. The fourth-order valence-corrected chi connectivity index (χ4v) is 5.05. The van der Waals surface area contributed by atoms with E-state index in [9.17, 15) is 18.0 Å². The first-order chi connectivity index (χ1) is 16.7. The molecule has 2 N–H and O–H groups in total. The first kappa shape index (κ1) is 24.0. The summed E-state index contributed by atoms with van der Waals surface area (Å²) in [5.41, 5.74) is 0.834. The lowest BCUT2D eigenvalue weighted by Gasteiger charge is -2.15. The van der Waals surface area contributed by atoms with Crippen LogP contribution in [0.2, 0.25) is 0 Å². The number of hydrogen-bond donors (Lipinski definition) is 2. The standard InChI is InChI=1S/C25H24N4O5S/c1-4-29-25(31)19-10-6-5-9-18(19)23(27-29)24(30)26-17-14-13-16(2)22(15-17)35(32,33)28-20-11-7-8-12-21(20)34-3/h5-15,28H,4H2,1-3H3,(H,26,30). The zero-order valence-electron chi connectivity index (χ0n) is 19.4. The second-order valence-corrected chi connectivity index (χ2v) is 9.41. The van der Waals surface area contributed by atoms with Crippen molar-refractivity contribution >= 4 is 38.1 Å². The Kier molecular flexibility index (Phi) is 6.57. The van der Waals surface area contributed by atoms with E-state index in [1.54, 1.807) is 74.5 Å². The molecule has 35 heavy (non-hydrogen) atoms. The van der Waals surface area contributed by atoms with E-state index in [0.717, 1.165) is 0 Å². The highest BCUT2D eigenvalue weighted by atomic mass is 32.2. The third kappa shape index (κ3) is 4.73. The number of nitrogens with one attached hydrogen (secondary N) is 2. The van der Waals surface area contributed by atoms with Crippen molar-refractivity contribution in [2.45, 2.75) is 25.3 Å². The van der Waals surface area contributed by atoms with Gasteiger partial charge >= 0.3 is 0 Å². The summed E-state index contributed by atoms with van der Waals surface area (Å²) in [5, 5.41) is 7.73. The molecule has 0 atom stereocenters. The van der Waals surface area contributed by atoms with E-state index in [-0.39, 0.29) is 21.8 Å². The summed E-state index contributed by atoms with van der Waals surface area (Å²) < 4.78 is 35.3. The number of nitrogens with zero attached hydrogens (tertiary/aromatic N) is 2. The number of aromatic nitrogens is 2. The molecule has 1 aromatic heterocycles. The maximum atomic E-state index is 13.2. The van der Waals surface area contributed by atoms with Gasteiger partial charge in [0.2, 0.25) is 0 Å². The van der Waals surface area contributed by atoms with Crippen LogP contribution in [-0.2, 0) is 16.6 Å². The summed E-state index contributed by atoms with van der Waals surface area (Å²) in [6.07, 6.45) is 0. The van der Waals surface area contributed by atoms with Gasteiger partial charge in [0, 0.05) is 17.6 Å². The molecule has 180 valence electrons. The first-order valence-electron chi connectivity index (χ1n) is 10.8. The molecule has 0 radical (unpaired) electrons. The predicted molar refractivity (Wildman–Crippen MR) is 135 cm³/mol. The van der Waals surface area contributed by atoms with Crippen molar-refractivity contribution < 1.29 is 17.9 Å². The molecule has 0 unspecified atom stereocenters. The highest BCUT2D eigenvalue weighted by molar-refractivity contribution is 7.92. The largest absolute Gasteiger partial charge is 0.495 e. The zero-order valence-corrected chi connectivity index (χ0v) is 20.2. The average Bonchev–Trinajstić information content (AvgIpc) is 2.85. The number of aryl methyl sites for hydroxylation is 2. The Morgan fingerprint density at radius 1 is 1.03 bits per heavy atom. The van der Waals surface area contributed by atoms with Gasteiger partial charge in [-0.1, -0.05) is 36.4 Å². The Balaban J connectivity index is 1.69. The lowest BCUT2D eigenvalue weighted by molar-refractivity contribution is 0.102. The van der Waals surface area contributed by atoms with Crippen LogP contribution in [0.3, 0.4) is 0 Å². The van der Waals surface area contributed by atoms with Gasteiger partial charge in [-0.15, -0.1) is 0 Å². The van der Waals surface area contributed by atoms with Gasteiger partial charge in [0.05, 0.1) is 23.1 Å². The molecule has 9 nitrogen and oxygen atoms in total. The van der Waals surface area contributed by atoms with Gasteiger partial charge in [-0.2, -0.15) is 5.10 Å². The molecule has 10 heteroatoms. The molecule has 0 fully saturated rings. The van der Waals surface area contributed by atoms with Crippen molar-refractivity contribution in [3.63, 3.8) is 0 Å². The third-order valence-electron chi connectivity index (χ3n) is 5.47. The third-order valence-corrected chi connectivity index (χ3v) is 6.98. The normalized spacial score (nSPS) is 11.3. The SMILES string of the molecule is CCn1nc(C(=O)Nc2ccc(C)c(S(=O)(=O)Nc3ccccc3OC)c2)c2ccccc2c1=O. The molecule has 0 aliphatic heterocycles. The highest BCUT2D eigenvalue weighted by Gasteiger charge is 2.21. The molecule has 3 aromatic carbocycles. The molecular weight excluding hydrogens is 468 g/mol. The number of fused-ring (bicyclic) bond motifs is 1. The Labute approximate surface area is 202 Å². The number of anilines is 2. The van der Waals surface area contributed by atoms with E-state index in [1.165, 1.54) is 17.9 Å². The minimum absolute atomic E-state index is 0.00227. The maximum Gasteiger partial charge on any atom is 0.276 e. The topological polar surface area (TPSA) is 119 Å². The smallest absolute Gasteiger partial charge is 0.276 e. The highest BCUT2D eigenvalue weighted by Crippen LogP contribution is 2.28.